The molecule has 17 heavy (non-hydrogen) atoms. The van der Waals surface area contributed by atoms with Gasteiger partial charge >= 0.3 is 0 Å². The van der Waals surface area contributed by atoms with Crippen molar-refractivity contribution in [1.29, 1.82) is 0 Å². The highest BCUT2D eigenvalue weighted by Crippen LogP contribution is 2.18. The maximum atomic E-state index is 11.8. The summed E-state index contributed by atoms with van der Waals surface area (Å²) < 4.78 is 0. The molecule has 3 nitrogen and oxygen atoms in total. The van der Waals surface area contributed by atoms with Crippen LogP contribution in [0.4, 0.5) is 5.69 Å². The highest BCUT2D eigenvalue weighted by molar-refractivity contribution is 7.82. The first-order valence-electron chi connectivity index (χ1n) is 5.90. The SMILES string of the molecule is CCc1cccc(NC(=O)C(=S)NC2CC2)c1. The normalized spacial score (nSPS) is 14.2. The zero-order chi connectivity index (χ0) is 12.3. The van der Waals surface area contributed by atoms with Crippen LogP contribution >= 0.6 is 12.2 Å². The summed E-state index contributed by atoms with van der Waals surface area (Å²) in [4.78, 5) is 12.0. The predicted octanol–water partition coefficient (Wildman–Crippen LogP) is 2.27. The highest BCUT2D eigenvalue weighted by atomic mass is 32.1. The summed E-state index contributed by atoms with van der Waals surface area (Å²) in [5.74, 6) is -0.222. The molecule has 0 spiro atoms. The average Bonchev–Trinajstić information content (AvgIpc) is 3.13. The molecule has 2 N–H and O–H groups in total. The van der Waals surface area contributed by atoms with E-state index in [2.05, 4.69) is 17.6 Å². The number of hydrogen-bond acceptors (Lipinski definition) is 2. The molecule has 90 valence electrons. The van der Waals surface area contributed by atoms with Crippen LogP contribution in [0, 0.1) is 0 Å². The van der Waals surface area contributed by atoms with Crippen LogP contribution in [0.1, 0.15) is 25.3 Å². The summed E-state index contributed by atoms with van der Waals surface area (Å²) in [6.07, 6.45) is 3.17. The molecule has 1 amide bonds. The van der Waals surface area contributed by atoms with Gasteiger partial charge in [-0.25, -0.2) is 0 Å². The molecule has 0 aliphatic heterocycles. The van der Waals surface area contributed by atoms with Gasteiger partial charge < -0.3 is 10.6 Å². The Hall–Kier alpha value is -1.42. The maximum Gasteiger partial charge on any atom is 0.283 e. The number of benzene rings is 1. The van der Waals surface area contributed by atoms with Gasteiger partial charge in [0.05, 0.1) is 0 Å². The van der Waals surface area contributed by atoms with Crippen LogP contribution in [0.2, 0.25) is 0 Å². The Labute approximate surface area is 107 Å². The largest absolute Gasteiger partial charge is 0.369 e. The van der Waals surface area contributed by atoms with Gasteiger partial charge in [-0.1, -0.05) is 31.3 Å². The van der Waals surface area contributed by atoms with Gasteiger partial charge in [0.1, 0.15) is 0 Å². The van der Waals surface area contributed by atoms with Gasteiger partial charge in [-0.2, -0.15) is 0 Å². The van der Waals surface area contributed by atoms with Gasteiger partial charge in [-0.15, -0.1) is 0 Å². The van der Waals surface area contributed by atoms with Crippen molar-refractivity contribution in [3.05, 3.63) is 29.8 Å². The second-order valence-electron chi connectivity index (χ2n) is 4.26. The van der Waals surface area contributed by atoms with Crippen LogP contribution in [0.3, 0.4) is 0 Å². The first kappa shape index (κ1) is 12.0. The second-order valence-corrected chi connectivity index (χ2v) is 4.66. The molecule has 1 aromatic carbocycles. The molecule has 0 saturated heterocycles. The van der Waals surface area contributed by atoms with Crippen LogP contribution < -0.4 is 10.6 Å². The number of carbonyl (C=O) groups excluding carboxylic acids is 1. The van der Waals surface area contributed by atoms with Gasteiger partial charge in [0.2, 0.25) is 0 Å². The Morgan fingerprint density at radius 3 is 2.88 bits per heavy atom. The van der Waals surface area contributed by atoms with Crippen molar-refractivity contribution in [3.63, 3.8) is 0 Å². The Morgan fingerprint density at radius 2 is 2.24 bits per heavy atom. The molecule has 0 unspecified atom stereocenters. The lowest BCUT2D eigenvalue weighted by atomic mass is 10.1. The smallest absolute Gasteiger partial charge is 0.283 e. The Balaban J connectivity index is 1.94. The van der Waals surface area contributed by atoms with E-state index in [1.54, 1.807) is 0 Å². The Morgan fingerprint density at radius 1 is 1.47 bits per heavy atom. The van der Waals surface area contributed by atoms with E-state index in [0.717, 1.165) is 24.9 Å². The monoisotopic (exact) mass is 248 g/mol. The van der Waals surface area contributed by atoms with Gasteiger partial charge in [-0.05, 0) is 37.0 Å². The quantitative estimate of drug-likeness (QED) is 0.806. The van der Waals surface area contributed by atoms with E-state index in [0.29, 0.717) is 6.04 Å². The zero-order valence-corrected chi connectivity index (χ0v) is 10.6. The Bertz CT molecular complexity index is 441. The fourth-order valence-electron chi connectivity index (χ4n) is 1.54. The summed E-state index contributed by atoms with van der Waals surface area (Å²) in [5.41, 5.74) is 2.00. The van der Waals surface area contributed by atoms with Gasteiger partial charge in [0.25, 0.3) is 5.91 Å². The van der Waals surface area contributed by atoms with Crippen LogP contribution in [0.25, 0.3) is 0 Å². The molecule has 0 radical (unpaired) electrons. The number of amides is 1. The van der Waals surface area contributed by atoms with Crippen molar-refractivity contribution < 1.29 is 4.79 Å². The third-order valence-corrected chi connectivity index (χ3v) is 3.02. The zero-order valence-electron chi connectivity index (χ0n) is 9.82. The average molecular weight is 248 g/mol. The number of hydrogen-bond donors (Lipinski definition) is 2. The molecule has 0 aromatic heterocycles. The van der Waals surface area contributed by atoms with Crippen molar-refractivity contribution >= 4 is 28.8 Å². The van der Waals surface area contributed by atoms with Gasteiger partial charge in [0, 0.05) is 11.7 Å². The number of nitrogens with one attached hydrogen (secondary N) is 2. The number of anilines is 1. The van der Waals surface area contributed by atoms with Gasteiger partial charge in [-0.3, -0.25) is 4.79 Å². The Kier molecular flexibility index (Phi) is 3.74. The van der Waals surface area contributed by atoms with E-state index in [4.69, 9.17) is 12.2 Å². The van der Waals surface area contributed by atoms with E-state index >= 15 is 0 Å². The molecule has 0 atom stereocenters. The van der Waals surface area contributed by atoms with E-state index < -0.39 is 0 Å². The minimum absolute atomic E-state index is 0.222. The summed E-state index contributed by atoms with van der Waals surface area (Å²) in [6, 6.07) is 8.23. The molecule has 1 fully saturated rings. The van der Waals surface area contributed by atoms with E-state index in [1.807, 2.05) is 24.3 Å². The second kappa shape index (κ2) is 5.27. The molecule has 0 bridgehead atoms. The van der Waals surface area contributed by atoms with Crippen molar-refractivity contribution in [1.82, 2.24) is 5.32 Å². The summed E-state index contributed by atoms with van der Waals surface area (Å²) in [6.45, 7) is 2.08. The number of aryl methyl sites for hydroxylation is 1. The first-order chi connectivity index (χ1) is 8.19. The molecular weight excluding hydrogens is 232 g/mol. The standard InChI is InChI=1S/C13H16N2OS/c1-2-9-4-3-5-11(8-9)14-12(16)13(17)15-10-6-7-10/h3-5,8,10H,2,6-7H2,1H3,(H,14,16)(H,15,17). The summed E-state index contributed by atoms with van der Waals surface area (Å²) in [7, 11) is 0. The van der Waals surface area contributed by atoms with E-state index in [-0.39, 0.29) is 10.9 Å². The number of thiocarbonyl (C=S) groups is 1. The highest BCUT2D eigenvalue weighted by Gasteiger charge is 2.24. The number of rotatable bonds is 3. The fourth-order valence-corrected chi connectivity index (χ4v) is 1.75. The molecule has 1 saturated carbocycles. The molecule has 1 aliphatic carbocycles. The molecule has 4 heteroatoms. The van der Waals surface area contributed by atoms with Crippen LogP contribution in [-0.2, 0) is 11.2 Å². The van der Waals surface area contributed by atoms with Crippen LogP contribution in [-0.4, -0.2) is 16.9 Å². The number of carbonyl (C=O) groups is 1. The van der Waals surface area contributed by atoms with E-state index in [9.17, 15) is 4.79 Å². The van der Waals surface area contributed by atoms with Crippen LogP contribution in [0.15, 0.2) is 24.3 Å². The maximum absolute atomic E-state index is 11.8. The minimum Gasteiger partial charge on any atom is -0.369 e. The lowest BCUT2D eigenvalue weighted by Crippen LogP contribution is -2.35. The fraction of sp³-hybridized carbons (Fsp3) is 0.385. The van der Waals surface area contributed by atoms with Gasteiger partial charge in [0.15, 0.2) is 4.99 Å². The minimum atomic E-state index is -0.222. The first-order valence-corrected chi connectivity index (χ1v) is 6.30. The molecule has 1 aromatic rings. The molecule has 1 aliphatic rings. The van der Waals surface area contributed by atoms with Crippen molar-refractivity contribution in [3.8, 4) is 0 Å². The molecule has 0 heterocycles. The topological polar surface area (TPSA) is 41.1 Å². The van der Waals surface area contributed by atoms with Crippen LogP contribution in [0.5, 0.6) is 0 Å². The summed E-state index contributed by atoms with van der Waals surface area (Å²) >= 11 is 5.03. The van der Waals surface area contributed by atoms with Crippen molar-refractivity contribution in [2.45, 2.75) is 32.2 Å². The van der Waals surface area contributed by atoms with Crippen molar-refractivity contribution in [2.75, 3.05) is 5.32 Å². The summed E-state index contributed by atoms with van der Waals surface area (Å²) in [5, 5.41) is 5.83. The third kappa shape index (κ3) is 3.53. The molecule has 2 rings (SSSR count). The third-order valence-electron chi connectivity index (χ3n) is 2.71. The lowest BCUT2D eigenvalue weighted by Gasteiger charge is -2.08. The lowest BCUT2D eigenvalue weighted by molar-refractivity contribution is -0.110. The van der Waals surface area contributed by atoms with E-state index in [1.165, 1.54) is 5.56 Å². The predicted molar refractivity (Wildman–Crippen MR) is 73.2 cm³/mol. The van der Waals surface area contributed by atoms with Crippen molar-refractivity contribution in [2.24, 2.45) is 0 Å². The molecular formula is C13H16N2OS.